The monoisotopic (exact) mass is 539 g/mol. The van der Waals surface area contributed by atoms with Gasteiger partial charge < -0.3 is 19.3 Å². The summed E-state index contributed by atoms with van der Waals surface area (Å²) in [7, 11) is -3.73. The van der Waals surface area contributed by atoms with Gasteiger partial charge in [-0.25, -0.2) is 4.79 Å². The normalized spacial score (nSPS) is 12.6. The summed E-state index contributed by atoms with van der Waals surface area (Å²) in [6.07, 6.45) is -1.08. The molecule has 0 aromatic heterocycles. The number of carboxylic acid groups (broad SMARTS) is 1. The Labute approximate surface area is 226 Å². The summed E-state index contributed by atoms with van der Waals surface area (Å²) in [4.78, 5) is 10.8. The lowest BCUT2D eigenvalue weighted by Gasteiger charge is -2.36. The lowest BCUT2D eigenvalue weighted by atomic mass is 9.99. The van der Waals surface area contributed by atoms with Crippen molar-refractivity contribution in [3.63, 3.8) is 0 Å². The molecule has 1 amide bonds. The Morgan fingerprint density at radius 3 is 1.86 bits per heavy atom. The molecule has 0 saturated carbocycles. The van der Waals surface area contributed by atoms with Crippen LogP contribution in [-0.2, 0) is 22.1 Å². The van der Waals surface area contributed by atoms with Crippen LogP contribution in [0.4, 0.5) is 4.79 Å². The molecule has 0 radical (unpaired) electrons. The molecule has 2 rings (SSSR count). The SMILES string of the molecule is CC(C)(C)[Si](C)(C)OCc1ccc(-c2ccc(CO[Si](C)(C)C(C)(C)C)c(C#CCNC(=O)O)c2)cc1. The lowest BCUT2D eigenvalue weighted by molar-refractivity contribution is 0.196. The maximum atomic E-state index is 10.8. The van der Waals surface area contributed by atoms with Crippen LogP contribution in [-0.4, -0.2) is 34.4 Å². The van der Waals surface area contributed by atoms with Crippen LogP contribution < -0.4 is 5.32 Å². The van der Waals surface area contributed by atoms with Crippen molar-refractivity contribution in [3.8, 4) is 23.0 Å². The van der Waals surface area contributed by atoms with E-state index < -0.39 is 22.7 Å². The predicted molar refractivity (Wildman–Crippen MR) is 159 cm³/mol. The number of carbonyl (C=O) groups is 1. The van der Waals surface area contributed by atoms with Gasteiger partial charge in [0, 0.05) is 5.56 Å². The van der Waals surface area contributed by atoms with E-state index in [0.717, 1.165) is 27.8 Å². The Kier molecular flexibility index (Phi) is 10.00. The molecular formula is C30H45NO4Si2. The van der Waals surface area contributed by atoms with E-state index in [1.54, 1.807) is 0 Å². The summed E-state index contributed by atoms with van der Waals surface area (Å²) in [5.41, 5.74) is 5.18. The number of rotatable bonds is 8. The Hall–Kier alpha value is -2.38. The van der Waals surface area contributed by atoms with Gasteiger partial charge in [-0.3, -0.25) is 0 Å². The molecule has 202 valence electrons. The summed E-state index contributed by atoms with van der Waals surface area (Å²) in [5.74, 6) is 6.09. The van der Waals surface area contributed by atoms with Gasteiger partial charge in [0.05, 0.1) is 19.8 Å². The van der Waals surface area contributed by atoms with E-state index in [9.17, 15) is 4.79 Å². The maximum absolute atomic E-state index is 10.8. The van der Waals surface area contributed by atoms with Crippen LogP contribution in [0.1, 0.15) is 58.2 Å². The number of nitrogens with one attached hydrogen (secondary N) is 1. The Morgan fingerprint density at radius 2 is 1.35 bits per heavy atom. The number of benzene rings is 2. The number of hydrogen-bond donors (Lipinski definition) is 2. The molecule has 0 aliphatic heterocycles. The van der Waals surface area contributed by atoms with Crippen molar-refractivity contribution >= 4 is 22.7 Å². The van der Waals surface area contributed by atoms with E-state index in [0.29, 0.717) is 13.2 Å². The molecule has 0 unspecified atom stereocenters. The van der Waals surface area contributed by atoms with Crippen molar-refractivity contribution in [1.82, 2.24) is 5.32 Å². The van der Waals surface area contributed by atoms with E-state index >= 15 is 0 Å². The van der Waals surface area contributed by atoms with Gasteiger partial charge in [0.25, 0.3) is 0 Å². The Bertz CT molecular complexity index is 1130. The van der Waals surface area contributed by atoms with Crippen LogP contribution in [0.15, 0.2) is 42.5 Å². The first kappa shape index (κ1) is 30.8. The maximum Gasteiger partial charge on any atom is 0.405 e. The van der Waals surface area contributed by atoms with Crippen molar-refractivity contribution in [1.29, 1.82) is 0 Å². The fourth-order valence-electron chi connectivity index (χ4n) is 3.01. The molecular weight excluding hydrogens is 495 g/mol. The molecule has 37 heavy (non-hydrogen) atoms. The van der Waals surface area contributed by atoms with E-state index in [-0.39, 0.29) is 16.6 Å². The minimum absolute atomic E-state index is 0.0744. The van der Waals surface area contributed by atoms with E-state index in [4.69, 9.17) is 14.0 Å². The summed E-state index contributed by atoms with van der Waals surface area (Å²) in [6.45, 7) is 23.6. The minimum Gasteiger partial charge on any atom is -0.465 e. The molecule has 0 bridgehead atoms. The van der Waals surface area contributed by atoms with Gasteiger partial charge >= 0.3 is 6.09 Å². The second-order valence-electron chi connectivity index (χ2n) is 12.6. The van der Waals surface area contributed by atoms with Gasteiger partial charge in [-0.15, -0.1) is 0 Å². The third kappa shape index (κ3) is 8.85. The van der Waals surface area contributed by atoms with Crippen molar-refractivity contribution < 1.29 is 18.8 Å². The largest absolute Gasteiger partial charge is 0.465 e. The number of hydrogen-bond acceptors (Lipinski definition) is 3. The zero-order valence-corrected chi connectivity index (χ0v) is 26.3. The average Bonchev–Trinajstić information content (AvgIpc) is 2.78. The van der Waals surface area contributed by atoms with Crippen molar-refractivity contribution in [2.75, 3.05) is 6.54 Å². The highest BCUT2D eigenvalue weighted by Crippen LogP contribution is 2.38. The Balaban J connectivity index is 2.27. The van der Waals surface area contributed by atoms with Crippen LogP contribution in [0.25, 0.3) is 11.1 Å². The third-order valence-electron chi connectivity index (χ3n) is 7.75. The summed E-state index contributed by atoms with van der Waals surface area (Å²) in [6, 6.07) is 14.7. The fourth-order valence-corrected chi connectivity index (χ4v) is 4.92. The molecule has 0 saturated heterocycles. The van der Waals surface area contributed by atoms with Gasteiger partial charge in [-0.1, -0.05) is 89.8 Å². The second-order valence-corrected chi connectivity index (χ2v) is 22.2. The van der Waals surface area contributed by atoms with E-state index in [2.05, 4.69) is 127 Å². The van der Waals surface area contributed by atoms with Crippen molar-refractivity contribution in [3.05, 3.63) is 59.2 Å². The van der Waals surface area contributed by atoms with Crippen LogP contribution in [0, 0.1) is 11.8 Å². The zero-order chi connectivity index (χ0) is 28.1. The molecule has 0 fully saturated rings. The van der Waals surface area contributed by atoms with Gasteiger partial charge in [-0.2, -0.15) is 0 Å². The van der Waals surface area contributed by atoms with Crippen LogP contribution in [0.5, 0.6) is 0 Å². The Morgan fingerprint density at radius 1 is 0.838 bits per heavy atom. The molecule has 2 N–H and O–H groups in total. The average molecular weight is 540 g/mol. The molecule has 0 aliphatic carbocycles. The highest BCUT2D eigenvalue weighted by molar-refractivity contribution is 6.74. The molecule has 0 spiro atoms. The molecule has 2 aromatic rings. The molecule has 7 heteroatoms. The molecule has 0 atom stereocenters. The summed E-state index contributed by atoms with van der Waals surface area (Å²) >= 11 is 0. The highest BCUT2D eigenvalue weighted by Gasteiger charge is 2.38. The molecule has 2 aromatic carbocycles. The standard InChI is InChI=1S/C30H45NO4Si2/c1-29(2,3)36(7,8)34-21-23-13-15-24(16-14-23)26-17-18-27(22-35-37(9,10)30(4,5)6)25(20-26)12-11-19-31-28(32)33/h13-18,20,31H,19,21-22H2,1-10H3,(H,32,33). The fraction of sp³-hybridized carbons (Fsp3) is 0.500. The lowest BCUT2D eigenvalue weighted by Crippen LogP contribution is -2.40. The smallest absolute Gasteiger partial charge is 0.405 e. The predicted octanol–water partition coefficient (Wildman–Crippen LogP) is 8.02. The second kappa shape index (κ2) is 12.0. The zero-order valence-electron chi connectivity index (χ0n) is 24.3. The summed E-state index contributed by atoms with van der Waals surface area (Å²) in [5, 5.41) is 11.4. The van der Waals surface area contributed by atoms with Gasteiger partial charge in [0.15, 0.2) is 16.6 Å². The van der Waals surface area contributed by atoms with Gasteiger partial charge in [0.2, 0.25) is 0 Å². The quantitative estimate of drug-likeness (QED) is 0.263. The number of amides is 1. The first-order valence-electron chi connectivity index (χ1n) is 12.9. The van der Waals surface area contributed by atoms with Gasteiger partial charge in [-0.05, 0) is 64.6 Å². The highest BCUT2D eigenvalue weighted by atomic mass is 28.4. The first-order valence-corrected chi connectivity index (χ1v) is 18.7. The van der Waals surface area contributed by atoms with E-state index in [1.165, 1.54) is 0 Å². The van der Waals surface area contributed by atoms with Crippen molar-refractivity contribution in [2.24, 2.45) is 0 Å². The van der Waals surface area contributed by atoms with E-state index in [1.807, 2.05) is 0 Å². The third-order valence-corrected chi connectivity index (χ3v) is 16.7. The minimum atomic E-state index is -1.93. The molecule has 0 heterocycles. The topological polar surface area (TPSA) is 67.8 Å². The molecule has 0 aliphatic rings. The van der Waals surface area contributed by atoms with Gasteiger partial charge in [0.1, 0.15) is 0 Å². The van der Waals surface area contributed by atoms with Crippen molar-refractivity contribution in [2.45, 2.75) is 91.0 Å². The van der Waals surface area contributed by atoms with Crippen LogP contribution in [0.2, 0.25) is 36.3 Å². The summed E-state index contributed by atoms with van der Waals surface area (Å²) < 4.78 is 12.8. The molecule has 5 nitrogen and oxygen atoms in total. The van der Waals surface area contributed by atoms with Crippen LogP contribution in [0.3, 0.4) is 0 Å². The first-order chi connectivity index (χ1) is 16.9. The van der Waals surface area contributed by atoms with Crippen LogP contribution >= 0.6 is 0 Å².